The van der Waals surface area contributed by atoms with Gasteiger partial charge in [0.2, 0.25) is 0 Å². The van der Waals surface area contributed by atoms with Gasteiger partial charge in [-0.2, -0.15) is 0 Å². The molecule has 1 aromatic rings. The standard InChI is InChI=1S/C20H26N8O10/c21-27-25-19-13(33)9(29)11(31)15(37-19)17(35)23-5-7-1-2-8(4-3-7)6-24-18(36)16-12(32)10(30)14(34)20(38-16)26-28-22/h1-4,9-16,19-20,29-34H,5-6H2,(H,23,35)(H,24,36)/t9-,10?,11?,12-,13?,14?,15-,16?,19?,20+/m0/s1. The highest BCUT2D eigenvalue weighted by Gasteiger charge is 2.47. The topological polar surface area (TPSA) is 296 Å². The first-order valence-corrected chi connectivity index (χ1v) is 11.2. The number of rotatable bonds is 8. The van der Waals surface area contributed by atoms with E-state index in [2.05, 4.69) is 30.7 Å². The first-order chi connectivity index (χ1) is 18.1. The van der Waals surface area contributed by atoms with Crippen molar-refractivity contribution in [3.8, 4) is 0 Å². The summed E-state index contributed by atoms with van der Waals surface area (Å²) in [6, 6.07) is 6.46. The minimum atomic E-state index is -1.78. The van der Waals surface area contributed by atoms with Gasteiger partial charge in [0, 0.05) is 22.9 Å². The highest BCUT2D eigenvalue weighted by Crippen LogP contribution is 2.24. The number of nitrogens with zero attached hydrogens (tertiary/aromatic N) is 6. The summed E-state index contributed by atoms with van der Waals surface area (Å²) in [5.74, 6) is -1.65. The molecule has 18 nitrogen and oxygen atoms in total. The average Bonchev–Trinajstić information content (AvgIpc) is 2.91. The highest BCUT2D eigenvalue weighted by atomic mass is 16.6. The number of carbonyl (C=O) groups excluding carboxylic acids is 2. The number of hydrogen-bond acceptors (Lipinski definition) is 12. The molecule has 2 aliphatic heterocycles. The van der Waals surface area contributed by atoms with Crippen molar-refractivity contribution in [2.75, 3.05) is 0 Å². The number of carbonyl (C=O) groups is 2. The normalized spacial score (nSPS) is 34.8. The van der Waals surface area contributed by atoms with Crippen LogP contribution in [0.15, 0.2) is 34.5 Å². The van der Waals surface area contributed by atoms with Gasteiger partial charge >= 0.3 is 0 Å². The molecule has 0 radical (unpaired) electrons. The maximum atomic E-state index is 12.4. The molecule has 0 spiro atoms. The molecule has 1 aromatic carbocycles. The lowest BCUT2D eigenvalue weighted by atomic mass is 9.97. The Bertz CT molecular complexity index is 1010. The Labute approximate surface area is 213 Å². The summed E-state index contributed by atoms with van der Waals surface area (Å²) in [5, 5.41) is 70.7. The molecule has 6 unspecified atom stereocenters. The van der Waals surface area contributed by atoms with Crippen LogP contribution in [0.25, 0.3) is 20.9 Å². The fraction of sp³-hybridized carbons (Fsp3) is 0.600. The number of hydrogen-bond donors (Lipinski definition) is 8. The van der Waals surface area contributed by atoms with Gasteiger partial charge in [-0.3, -0.25) is 9.59 Å². The summed E-state index contributed by atoms with van der Waals surface area (Å²) < 4.78 is 10.2. The highest BCUT2D eigenvalue weighted by molar-refractivity contribution is 5.82. The Morgan fingerprint density at radius 2 is 1.03 bits per heavy atom. The zero-order chi connectivity index (χ0) is 28.0. The van der Waals surface area contributed by atoms with E-state index in [1.165, 1.54) is 0 Å². The fourth-order valence-corrected chi connectivity index (χ4v) is 3.80. The van der Waals surface area contributed by atoms with Crippen LogP contribution in [0.5, 0.6) is 0 Å². The molecule has 2 amide bonds. The van der Waals surface area contributed by atoms with Crippen molar-refractivity contribution in [1.29, 1.82) is 0 Å². The lowest BCUT2D eigenvalue weighted by Crippen LogP contribution is -2.60. The molecule has 2 fully saturated rings. The van der Waals surface area contributed by atoms with Crippen molar-refractivity contribution in [2.24, 2.45) is 10.2 Å². The Morgan fingerprint density at radius 3 is 1.34 bits per heavy atom. The van der Waals surface area contributed by atoms with Crippen LogP contribution in [0.2, 0.25) is 0 Å². The van der Waals surface area contributed by atoms with E-state index in [1.807, 2.05) is 0 Å². The second-order valence-corrected chi connectivity index (χ2v) is 8.50. The van der Waals surface area contributed by atoms with Crippen LogP contribution < -0.4 is 10.6 Å². The zero-order valence-electron chi connectivity index (χ0n) is 19.5. The average molecular weight is 538 g/mol. The molecule has 2 aliphatic rings. The summed E-state index contributed by atoms with van der Waals surface area (Å²) in [4.78, 5) is 29.8. The maximum Gasteiger partial charge on any atom is 0.252 e. The Balaban J connectivity index is 1.52. The molecule has 0 aliphatic carbocycles. The van der Waals surface area contributed by atoms with Crippen molar-refractivity contribution >= 4 is 11.8 Å². The number of aliphatic hydroxyl groups is 6. The largest absolute Gasteiger partial charge is 0.387 e. The number of ether oxygens (including phenoxy) is 2. The molecule has 18 heteroatoms. The molecule has 206 valence electrons. The molecule has 2 heterocycles. The van der Waals surface area contributed by atoms with Gasteiger partial charge in [-0.05, 0) is 22.2 Å². The van der Waals surface area contributed by atoms with Crippen molar-refractivity contribution < 1.29 is 49.7 Å². The molecule has 2 saturated heterocycles. The summed E-state index contributed by atoms with van der Waals surface area (Å²) in [5.41, 5.74) is 18.3. The van der Waals surface area contributed by atoms with E-state index in [9.17, 15) is 40.2 Å². The molecule has 10 atom stereocenters. The van der Waals surface area contributed by atoms with Crippen LogP contribution in [0, 0.1) is 0 Å². The van der Waals surface area contributed by atoms with E-state index >= 15 is 0 Å². The molecule has 0 bridgehead atoms. The molecule has 8 N–H and O–H groups in total. The van der Waals surface area contributed by atoms with Gasteiger partial charge in [0.15, 0.2) is 24.7 Å². The molecule has 3 rings (SSSR count). The second kappa shape index (κ2) is 12.8. The van der Waals surface area contributed by atoms with Crippen molar-refractivity contribution in [1.82, 2.24) is 10.6 Å². The third-order valence-electron chi connectivity index (χ3n) is 5.98. The van der Waals surface area contributed by atoms with Crippen LogP contribution in [0.3, 0.4) is 0 Å². The summed E-state index contributed by atoms with van der Waals surface area (Å²) in [6.45, 7) is -0.0436. The number of amides is 2. The SMILES string of the molecule is [N-]=[N+]=NC1O[C@H](C(=O)NCc2ccc(CNC(=O)C3O[C@@H](N=[N+]=[N-])C(O)C(O)[C@@H]3O)cc2)C(O)[C@H](O)C1O. The zero-order valence-corrected chi connectivity index (χ0v) is 19.5. The predicted molar refractivity (Wildman–Crippen MR) is 122 cm³/mol. The van der Waals surface area contributed by atoms with Gasteiger partial charge in [0.05, 0.1) is 0 Å². The van der Waals surface area contributed by atoms with Gasteiger partial charge < -0.3 is 50.7 Å². The number of benzene rings is 1. The fourth-order valence-electron chi connectivity index (χ4n) is 3.80. The predicted octanol–water partition coefficient (Wildman–Crippen LogP) is -2.85. The Hall–Kier alpha value is -3.54. The van der Waals surface area contributed by atoms with Crippen LogP contribution in [-0.4, -0.2) is 104 Å². The molecule has 0 saturated carbocycles. The summed E-state index contributed by atoms with van der Waals surface area (Å²) >= 11 is 0. The van der Waals surface area contributed by atoms with Gasteiger partial charge in [-0.25, -0.2) is 0 Å². The summed E-state index contributed by atoms with van der Waals surface area (Å²) in [7, 11) is 0. The maximum absolute atomic E-state index is 12.4. The van der Waals surface area contributed by atoms with Crippen LogP contribution >= 0.6 is 0 Å². The first kappa shape index (κ1) is 29.0. The van der Waals surface area contributed by atoms with Crippen LogP contribution in [0.4, 0.5) is 0 Å². The Kier molecular flexibility index (Phi) is 9.78. The van der Waals surface area contributed by atoms with Crippen molar-refractivity contribution in [2.45, 2.75) is 74.4 Å². The molecular weight excluding hydrogens is 512 g/mol. The molecule has 0 aromatic heterocycles. The third-order valence-corrected chi connectivity index (χ3v) is 5.98. The third kappa shape index (κ3) is 6.47. The summed E-state index contributed by atoms with van der Waals surface area (Å²) in [6.07, 6.45) is -16.8. The van der Waals surface area contributed by atoms with E-state index in [0.717, 1.165) is 0 Å². The van der Waals surface area contributed by atoms with E-state index in [1.54, 1.807) is 24.3 Å². The smallest absolute Gasteiger partial charge is 0.252 e. The molecular formula is C20H26N8O10. The molecule has 38 heavy (non-hydrogen) atoms. The second-order valence-electron chi connectivity index (χ2n) is 8.50. The monoisotopic (exact) mass is 538 g/mol. The van der Waals surface area contributed by atoms with E-state index in [4.69, 9.17) is 20.5 Å². The van der Waals surface area contributed by atoms with E-state index < -0.39 is 73.1 Å². The lowest BCUT2D eigenvalue weighted by molar-refractivity contribution is -0.219. The number of nitrogens with one attached hydrogen (secondary N) is 2. The minimum absolute atomic E-state index is 0.0218. The van der Waals surface area contributed by atoms with E-state index in [0.29, 0.717) is 11.1 Å². The van der Waals surface area contributed by atoms with Crippen LogP contribution in [-0.2, 0) is 32.2 Å². The van der Waals surface area contributed by atoms with Gasteiger partial charge in [0.25, 0.3) is 11.8 Å². The number of aliphatic hydroxyl groups excluding tert-OH is 6. The van der Waals surface area contributed by atoms with Gasteiger partial charge in [-0.1, -0.05) is 34.5 Å². The van der Waals surface area contributed by atoms with Gasteiger partial charge in [-0.15, -0.1) is 0 Å². The first-order valence-electron chi connectivity index (χ1n) is 11.2. The minimum Gasteiger partial charge on any atom is -0.387 e. The Morgan fingerprint density at radius 1 is 0.684 bits per heavy atom. The van der Waals surface area contributed by atoms with Crippen molar-refractivity contribution in [3.05, 3.63) is 56.3 Å². The lowest BCUT2D eigenvalue weighted by Gasteiger charge is -2.38. The quantitative estimate of drug-likeness (QED) is 0.0951. The van der Waals surface area contributed by atoms with Crippen LogP contribution in [0.1, 0.15) is 11.1 Å². The van der Waals surface area contributed by atoms with Gasteiger partial charge in [0.1, 0.15) is 36.6 Å². The van der Waals surface area contributed by atoms with E-state index in [-0.39, 0.29) is 13.1 Å². The van der Waals surface area contributed by atoms with Crippen molar-refractivity contribution in [3.63, 3.8) is 0 Å². The number of azide groups is 2.